The van der Waals surface area contributed by atoms with E-state index < -0.39 is 15.8 Å². The first-order valence-electron chi connectivity index (χ1n) is 7.80. The molecule has 3 rings (SSSR count). The first kappa shape index (κ1) is 16.5. The predicted molar refractivity (Wildman–Crippen MR) is 92.6 cm³/mol. The minimum atomic E-state index is -3.05. The van der Waals surface area contributed by atoms with E-state index in [0.29, 0.717) is 24.5 Å². The van der Waals surface area contributed by atoms with Crippen LogP contribution in [0.3, 0.4) is 0 Å². The normalized spacial score (nSPS) is 18.9. The number of hydrogen-bond donors (Lipinski definition) is 1. The predicted octanol–water partition coefficient (Wildman–Crippen LogP) is 2.64. The standard InChI is InChI=1S/C18H19NO4S/c20-18(15-10-11-24(21,22)13-15)19-16-6-8-17(9-7-16)23-12-14-4-2-1-3-5-14/h1-9,15H,10-13H2,(H,19,20). The fourth-order valence-corrected chi connectivity index (χ4v) is 4.36. The van der Waals surface area contributed by atoms with Crippen molar-refractivity contribution in [1.29, 1.82) is 0 Å². The summed E-state index contributed by atoms with van der Waals surface area (Å²) in [6, 6.07) is 16.9. The Morgan fingerprint density at radius 2 is 1.79 bits per heavy atom. The van der Waals surface area contributed by atoms with Gasteiger partial charge in [-0.15, -0.1) is 0 Å². The van der Waals surface area contributed by atoms with E-state index in [1.54, 1.807) is 24.3 Å². The summed E-state index contributed by atoms with van der Waals surface area (Å²) in [7, 11) is -3.05. The van der Waals surface area contributed by atoms with E-state index in [1.807, 2.05) is 30.3 Å². The number of carbonyl (C=O) groups is 1. The van der Waals surface area contributed by atoms with E-state index in [4.69, 9.17) is 4.74 Å². The van der Waals surface area contributed by atoms with Crippen LogP contribution in [0.15, 0.2) is 54.6 Å². The molecule has 1 saturated heterocycles. The first-order chi connectivity index (χ1) is 11.5. The fraction of sp³-hybridized carbons (Fsp3) is 0.278. The van der Waals surface area contributed by atoms with Crippen LogP contribution in [-0.2, 0) is 21.2 Å². The molecule has 24 heavy (non-hydrogen) atoms. The maximum absolute atomic E-state index is 12.1. The Labute approximate surface area is 141 Å². The summed E-state index contributed by atoms with van der Waals surface area (Å²) >= 11 is 0. The van der Waals surface area contributed by atoms with Gasteiger partial charge in [-0.05, 0) is 36.2 Å². The summed E-state index contributed by atoms with van der Waals surface area (Å²) in [6.07, 6.45) is 0.395. The summed E-state index contributed by atoms with van der Waals surface area (Å²) < 4.78 is 28.6. The van der Waals surface area contributed by atoms with Crippen molar-refractivity contribution in [1.82, 2.24) is 0 Å². The molecular weight excluding hydrogens is 326 g/mol. The lowest BCUT2D eigenvalue weighted by Gasteiger charge is -2.11. The molecule has 0 spiro atoms. The van der Waals surface area contributed by atoms with E-state index in [0.717, 1.165) is 5.56 Å². The number of rotatable bonds is 5. The second-order valence-corrected chi connectivity index (χ2v) is 8.12. The number of anilines is 1. The summed E-state index contributed by atoms with van der Waals surface area (Å²) in [4.78, 5) is 12.1. The molecule has 6 heteroatoms. The van der Waals surface area contributed by atoms with Gasteiger partial charge in [-0.3, -0.25) is 4.79 Å². The second-order valence-electron chi connectivity index (χ2n) is 5.89. The second kappa shape index (κ2) is 7.05. The van der Waals surface area contributed by atoms with Crippen LogP contribution in [0.4, 0.5) is 5.69 Å². The molecule has 2 aromatic carbocycles. The molecule has 1 fully saturated rings. The molecule has 0 bridgehead atoms. The van der Waals surface area contributed by atoms with Crippen LogP contribution in [0.5, 0.6) is 5.75 Å². The van der Waals surface area contributed by atoms with Crippen molar-refractivity contribution in [3.8, 4) is 5.75 Å². The summed E-state index contributed by atoms with van der Waals surface area (Å²) in [5.41, 5.74) is 1.72. The lowest BCUT2D eigenvalue weighted by Crippen LogP contribution is -2.23. The Bertz CT molecular complexity index is 801. The number of carbonyl (C=O) groups excluding carboxylic acids is 1. The van der Waals surface area contributed by atoms with E-state index in [9.17, 15) is 13.2 Å². The van der Waals surface area contributed by atoms with Crippen molar-refractivity contribution in [3.05, 3.63) is 60.2 Å². The van der Waals surface area contributed by atoms with E-state index in [1.165, 1.54) is 0 Å². The fourth-order valence-electron chi connectivity index (χ4n) is 2.62. The third-order valence-electron chi connectivity index (χ3n) is 3.97. The molecular formula is C18H19NO4S. The highest BCUT2D eigenvalue weighted by molar-refractivity contribution is 7.91. The molecule has 126 valence electrons. The smallest absolute Gasteiger partial charge is 0.228 e. The van der Waals surface area contributed by atoms with Gasteiger partial charge in [-0.2, -0.15) is 0 Å². The molecule has 1 atom stereocenters. The summed E-state index contributed by atoms with van der Waals surface area (Å²) in [5.74, 6) is 0.0485. The topological polar surface area (TPSA) is 72.5 Å². The largest absolute Gasteiger partial charge is 0.489 e. The van der Waals surface area contributed by atoms with Gasteiger partial charge in [0.25, 0.3) is 0 Å². The number of benzene rings is 2. The molecule has 0 aliphatic carbocycles. The van der Waals surface area contributed by atoms with Gasteiger partial charge in [0.1, 0.15) is 12.4 Å². The van der Waals surface area contributed by atoms with Crippen LogP contribution in [0.2, 0.25) is 0 Å². The molecule has 1 aliphatic heterocycles. The monoisotopic (exact) mass is 345 g/mol. The third-order valence-corrected chi connectivity index (χ3v) is 5.74. The zero-order valence-corrected chi connectivity index (χ0v) is 14.0. The van der Waals surface area contributed by atoms with Crippen molar-refractivity contribution < 1.29 is 17.9 Å². The Morgan fingerprint density at radius 1 is 1.08 bits per heavy atom. The van der Waals surface area contributed by atoms with E-state index in [-0.39, 0.29) is 17.4 Å². The van der Waals surface area contributed by atoms with E-state index >= 15 is 0 Å². The summed E-state index contributed by atoms with van der Waals surface area (Å²) in [5, 5.41) is 2.76. The average molecular weight is 345 g/mol. The van der Waals surface area contributed by atoms with Crippen molar-refractivity contribution >= 4 is 21.4 Å². The number of amides is 1. The molecule has 1 heterocycles. The highest BCUT2D eigenvalue weighted by Gasteiger charge is 2.32. The lowest BCUT2D eigenvalue weighted by molar-refractivity contribution is -0.119. The zero-order chi connectivity index (χ0) is 17.0. The van der Waals surface area contributed by atoms with Gasteiger partial charge in [0.2, 0.25) is 5.91 Å². The van der Waals surface area contributed by atoms with E-state index in [2.05, 4.69) is 5.32 Å². The maximum Gasteiger partial charge on any atom is 0.228 e. The van der Waals surface area contributed by atoms with Gasteiger partial charge in [-0.1, -0.05) is 30.3 Å². The van der Waals surface area contributed by atoms with Crippen molar-refractivity contribution in [2.24, 2.45) is 5.92 Å². The highest BCUT2D eigenvalue weighted by atomic mass is 32.2. The molecule has 1 amide bonds. The lowest BCUT2D eigenvalue weighted by atomic mass is 10.1. The van der Waals surface area contributed by atoms with Gasteiger partial charge in [-0.25, -0.2) is 8.42 Å². The summed E-state index contributed by atoms with van der Waals surface area (Å²) in [6.45, 7) is 0.479. The van der Waals surface area contributed by atoms with Gasteiger partial charge in [0.15, 0.2) is 9.84 Å². The number of sulfone groups is 1. The minimum absolute atomic E-state index is 0.0584. The molecule has 1 N–H and O–H groups in total. The van der Waals surface area contributed by atoms with Gasteiger partial charge in [0, 0.05) is 5.69 Å². The Morgan fingerprint density at radius 3 is 2.42 bits per heavy atom. The third kappa shape index (κ3) is 4.35. The molecule has 0 aromatic heterocycles. The molecule has 5 nitrogen and oxygen atoms in total. The molecule has 2 aromatic rings. The SMILES string of the molecule is O=C(Nc1ccc(OCc2ccccc2)cc1)C1CCS(=O)(=O)C1. The molecule has 0 saturated carbocycles. The van der Waals surface area contributed by atoms with Crippen LogP contribution in [0, 0.1) is 5.92 Å². The first-order valence-corrected chi connectivity index (χ1v) is 9.62. The Balaban J connectivity index is 1.54. The van der Waals surface area contributed by atoms with Crippen molar-refractivity contribution in [3.63, 3.8) is 0 Å². The maximum atomic E-state index is 12.1. The average Bonchev–Trinajstić information content (AvgIpc) is 2.95. The van der Waals surface area contributed by atoms with Crippen LogP contribution < -0.4 is 10.1 Å². The number of nitrogens with one attached hydrogen (secondary N) is 1. The highest BCUT2D eigenvalue weighted by Crippen LogP contribution is 2.22. The number of ether oxygens (including phenoxy) is 1. The van der Waals surface area contributed by atoms with Gasteiger partial charge >= 0.3 is 0 Å². The Kier molecular flexibility index (Phi) is 4.85. The van der Waals surface area contributed by atoms with Crippen LogP contribution in [-0.4, -0.2) is 25.8 Å². The van der Waals surface area contributed by atoms with Gasteiger partial charge < -0.3 is 10.1 Å². The van der Waals surface area contributed by atoms with Crippen LogP contribution in [0.1, 0.15) is 12.0 Å². The zero-order valence-electron chi connectivity index (χ0n) is 13.1. The quantitative estimate of drug-likeness (QED) is 0.904. The van der Waals surface area contributed by atoms with Crippen molar-refractivity contribution in [2.45, 2.75) is 13.0 Å². The molecule has 0 radical (unpaired) electrons. The number of hydrogen-bond acceptors (Lipinski definition) is 4. The minimum Gasteiger partial charge on any atom is -0.489 e. The Hall–Kier alpha value is -2.34. The van der Waals surface area contributed by atoms with Gasteiger partial charge in [0.05, 0.1) is 17.4 Å². The molecule has 1 aliphatic rings. The molecule has 1 unspecified atom stereocenters. The van der Waals surface area contributed by atoms with Crippen molar-refractivity contribution in [2.75, 3.05) is 16.8 Å². The van der Waals surface area contributed by atoms with Crippen LogP contribution >= 0.6 is 0 Å². The van der Waals surface area contributed by atoms with Crippen LogP contribution in [0.25, 0.3) is 0 Å².